The van der Waals surface area contributed by atoms with Gasteiger partial charge in [-0.25, -0.2) is 17.8 Å². The fraction of sp³-hybridized carbons (Fsp3) is 0.250. The molecular weight excluding hydrogens is 300 g/mol. The lowest BCUT2D eigenvalue weighted by molar-refractivity contribution is 0.0696. The first-order valence-electron chi connectivity index (χ1n) is 5.77. The maximum atomic E-state index is 12.4. The molecule has 0 unspecified atom stereocenters. The lowest BCUT2D eigenvalue weighted by atomic mass is 10.2. The van der Waals surface area contributed by atoms with Gasteiger partial charge in [0, 0.05) is 0 Å². The molecule has 1 aromatic carbocycles. The summed E-state index contributed by atoms with van der Waals surface area (Å²) >= 11 is 0. The highest BCUT2D eigenvalue weighted by molar-refractivity contribution is 7.90. The van der Waals surface area contributed by atoms with Gasteiger partial charge in [-0.15, -0.1) is 0 Å². The zero-order valence-electron chi connectivity index (χ0n) is 11.2. The number of carboxylic acid groups (broad SMARTS) is 1. The highest BCUT2D eigenvalue weighted by Gasteiger charge is 2.24. The number of methoxy groups -OCH3 is 1. The molecule has 0 bridgehead atoms. The van der Waals surface area contributed by atoms with Crippen LogP contribution in [-0.4, -0.2) is 36.9 Å². The van der Waals surface area contributed by atoms with Crippen molar-refractivity contribution in [2.24, 2.45) is 0 Å². The van der Waals surface area contributed by atoms with Gasteiger partial charge < -0.3 is 9.84 Å². The van der Waals surface area contributed by atoms with Crippen molar-refractivity contribution in [1.82, 2.24) is 10.3 Å². The zero-order valence-corrected chi connectivity index (χ0v) is 12.0. The van der Waals surface area contributed by atoms with Crippen molar-refractivity contribution in [3.8, 4) is 5.75 Å². The Morgan fingerprint density at radius 3 is 2.62 bits per heavy atom. The first-order valence-corrected chi connectivity index (χ1v) is 7.42. The monoisotopic (exact) mass is 312 g/mol. The van der Waals surface area contributed by atoms with E-state index in [9.17, 15) is 13.2 Å². The summed E-state index contributed by atoms with van der Waals surface area (Å²) in [4.78, 5) is 10.8. The predicted octanol–water partition coefficient (Wildman–Crippen LogP) is 1.06. The van der Waals surface area contributed by atoms with Gasteiger partial charge in [0.25, 0.3) is 0 Å². The van der Waals surface area contributed by atoms with Gasteiger partial charge in [0.1, 0.15) is 27.8 Å². The molecule has 0 saturated carbocycles. The van der Waals surface area contributed by atoms with E-state index in [-0.39, 0.29) is 21.9 Å². The predicted molar refractivity (Wildman–Crippen MR) is 69.9 cm³/mol. The molecule has 8 nitrogen and oxygen atoms in total. The van der Waals surface area contributed by atoms with E-state index >= 15 is 0 Å². The zero-order chi connectivity index (χ0) is 15.6. The molecular formula is C12H12N2O6S. The summed E-state index contributed by atoms with van der Waals surface area (Å²) in [7, 11) is -2.55. The van der Waals surface area contributed by atoms with E-state index in [2.05, 4.69) is 14.9 Å². The van der Waals surface area contributed by atoms with Crippen LogP contribution in [0.2, 0.25) is 0 Å². The SMILES string of the molecule is COc1ccc(C(=O)O)cc1S(=O)(=O)Cc1nonc1C. The van der Waals surface area contributed by atoms with Gasteiger partial charge >= 0.3 is 5.97 Å². The fourth-order valence-corrected chi connectivity index (χ4v) is 3.23. The summed E-state index contributed by atoms with van der Waals surface area (Å²) in [5.74, 6) is -1.62. The Balaban J connectivity index is 2.50. The molecule has 0 atom stereocenters. The van der Waals surface area contributed by atoms with Gasteiger partial charge in [-0.3, -0.25) is 0 Å². The molecule has 2 rings (SSSR count). The number of sulfone groups is 1. The van der Waals surface area contributed by atoms with E-state index < -0.39 is 21.6 Å². The maximum Gasteiger partial charge on any atom is 0.335 e. The fourth-order valence-electron chi connectivity index (χ4n) is 1.69. The van der Waals surface area contributed by atoms with Crippen LogP contribution in [0.15, 0.2) is 27.7 Å². The van der Waals surface area contributed by atoms with E-state index in [0.29, 0.717) is 5.69 Å². The van der Waals surface area contributed by atoms with E-state index in [1.54, 1.807) is 6.92 Å². The molecule has 9 heteroatoms. The topological polar surface area (TPSA) is 120 Å². The van der Waals surface area contributed by atoms with Crippen molar-refractivity contribution in [3.63, 3.8) is 0 Å². The molecule has 0 fully saturated rings. The van der Waals surface area contributed by atoms with Gasteiger partial charge in [-0.05, 0) is 25.1 Å². The standard InChI is InChI=1S/C12H12N2O6S/c1-7-9(14-20-13-7)6-21(17,18)11-5-8(12(15)16)3-4-10(11)19-2/h3-5H,6H2,1-2H3,(H,15,16). The van der Waals surface area contributed by atoms with Crippen LogP contribution in [0.25, 0.3) is 0 Å². The van der Waals surface area contributed by atoms with Crippen LogP contribution in [0.5, 0.6) is 5.75 Å². The van der Waals surface area contributed by atoms with Crippen LogP contribution < -0.4 is 4.74 Å². The number of aromatic carboxylic acids is 1. The largest absolute Gasteiger partial charge is 0.495 e. The summed E-state index contributed by atoms with van der Waals surface area (Å²) in [6.07, 6.45) is 0. The quantitative estimate of drug-likeness (QED) is 0.870. The Hall–Kier alpha value is -2.42. The highest BCUT2D eigenvalue weighted by atomic mass is 32.2. The third-order valence-electron chi connectivity index (χ3n) is 2.82. The molecule has 0 radical (unpaired) electrons. The van der Waals surface area contributed by atoms with Crippen molar-refractivity contribution >= 4 is 15.8 Å². The number of rotatable bonds is 5. The minimum Gasteiger partial charge on any atom is -0.495 e. The van der Waals surface area contributed by atoms with Crippen molar-refractivity contribution in [3.05, 3.63) is 35.2 Å². The molecule has 1 N–H and O–H groups in total. The molecule has 0 aliphatic carbocycles. The molecule has 0 amide bonds. The molecule has 0 aliphatic heterocycles. The molecule has 0 spiro atoms. The van der Waals surface area contributed by atoms with Crippen molar-refractivity contribution < 1.29 is 27.7 Å². The lowest BCUT2D eigenvalue weighted by Gasteiger charge is -2.09. The molecule has 21 heavy (non-hydrogen) atoms. The Bertz CT molecular complexity index is 781. The minimum atomic E-state index is -3.86. The van der Waals surface area contributed by atoms with Crippen LogP contribution >= 0.6 is 0 Å². The Morgan fingerprint density at radius 1 is 1.38 bits per heavy atom. The van der Waals surface area contributed by atoms with E-state index in [0.717, 1.165) is 6.07 Å². The van der Waals surface area contributed by atoms with Crippen LogP contribution in [-0.2, 0) is 15.6 Å². The number of nitrogens with zero attached hydrogens (tertiary/aromatic N) is 2. The van der Waals surface area contributed by atoms with Crippen molar-refractivity contribution in [2.75, 3.05) is 7.11 Å². The Labute approximate surface area is 120 Å². The van der Waals surface area contributed by atoms with E-state index in [1.165, 1.54) is 19.2 Å². The third-order valence-corrected chi connectivity index (χ3v) is 4.46. The molecule has 0 aliphatic rings. The van der Waals surface area contributed by atoms with Crippen LogP contribution in [0.4, 0.5) is 0 Å². The second-order valence-electron chi connectivity index (χ2n) is 4.23. The van der Waals surface area contributed by atoms with Gasteiger partial charge in [0.05, 0.1) is 12.7 Å². The Morgan fingerprint density at radius 2 is 2.10 bits per heavy atom. The molecule has 1 heterocycles. The summed E-state index contributed by atoms with van der Waals surface area (Å²) in [5, 5.41) is 16.0. The number of hydrogen-bond acceptors (Lipinski definition) is 7. The van der Waals surface area contributed by atoms with Gasteiger partial charge in [-0.2, -0.15) is 0 Å². The number of benzene rings is 1. The van der Waals surface area contributed by atoms with Gasteiger partial charge in [0.2, 0.25) is 0 Å². The average molecular weight is 312 g/mol. The normalized spacial score (nSPS) is 11.3. The summed E-state index contributed by atoms with van der Waals surface area (Å²) < 4.78 is 34.3. The first-order chi connectivity index (χ1) is 9.85. The third kappa shape index (κ3) is 3.02. The van der Waals surface area contributed by atoms with Gasteiger partial charge in [-0.1, -0.05) is 10.3 Å². The number of hydrogen-bond donors (Lipinski definition) is 1. The summed E-state index contributed by atoms with van der Waals surface area (Å²) in [6.45, 7) is 1.56. The number of carbonyl (C=O) groups is 1. The number of carboxylic acids is 1. The first kappa shape index (κ1) is 15.0. The smallest absolute Gasteiger partial charge is 0.335 e. The van der Waals surface area contributed by atoms with Crippen LogP contribution in [0.3, 0.4) is 0 Å². The molecule has 2 aromatic rings. The second-order valence-corrected chi connectivity index (χ2v) is 6.18. The number of aromatic nitrogens is 2. The average Bonchev–Trinajstić information content (AvgIpc) is 2.82. The van der Waals surface area contributed by atoms with Crippen molar-refractivity contribution in [1.29, 1.82) is 0 Å². The second kappa shape index (κ2) is 5.52. The number of aryl methyl sites for hydroxylation is 1. The van der Waals surface area contributed by atoms with Crippen LogP contribution in [0, 0.1) is 6.92 Å². The van der Waals surface area contributed by atoms with Crippen molar-refractivity contribution in [2.45, 2.75) is 17.6 Å². The maximum absolute atomic E-state index is 12.4. The Kier molecular flexibility index (Phi) is 3.94. The van der Waals surface area contributed by atoms with Gasteiger partial charge in [0.15, 0.2) is 9.84 Å². The number of ether oxygens (including phenoxy) is 1. The lowest BCUT2D eigenvalue weighted by Crippen LogP contribution is -2.10. The molecule has 112 valence electrons. The highest BCUT2D eigenvalue weighted by Crippen LogP contribution is 2.28. The van der Waals surface area contributed by atoms with E-state index in [1.807, 2.05) is 0 Å². The van der Waals surface area contributed by atoms with E-state index in [4.69, 9.17) is 9.84 Å². The summed E-state index contributed by atoms with van der Waals surface area (Å²) in [5.41, 5.74) is 0.370. The van der Waals surface area contributed by atoms with Crippen LogP contribution in [0.1, 0.15) is 21.7 Å². The molecule has 1 aromatic heterocycles. The minimum absolute atomic E-state index is 0.0640. The molecule has 0 saturated heterocycles. The summed E-state index contributed by atoms with van der Waals surface area (Å²) in [6, 6.07) is 3.62.